The van der Waals surface area contributed by atoms with Crippen LogP contribution in [0.4, 0.5) is 14.9 Å². The Kier molecular flexibility index (Phi) is 5.62. The predicted octanol–water partition coefficient (Wildman–Crippen LogP) is 2.28. The zero-order chi connectivity index (χ0) is 19.4. The Morgan fingerprint density at radius 3 is 2.44 bits per heavy atom. The maximum atomic E-state index is 13.7. The molecule has 0 aromatic heterocycles. The first kappa shape index (κ1) is 19.1. The van der Waals surface area contributed by atoms with E-state index in [4.69, 9.17) is 4.74 Å². The molecule has 0 unspecified atom stereocenters. The molecule has 27 heavy (non-hydrogen) atoms. The topological polar surface area (TPSA) is 87.7 Å². The summed E-state index contributed by atoms with van der Waals surface area (Å²) in [7, 11) is 0. The number of carbonyl (C=O) groups is 3. The zero-order valence-electron chi connectivity index (χ0n) is 15.3. The standard InChI is InChI=1S/C19H24FN3O4/c1-2-27-18(26)23-11-7-13(8-12-23)21-16(24)19(9-10-19)17(25)22-15-6-4-3-5-14(15)20/h3-6,13H,2,7-12H2,1H3,(H,21,24)(H,22,25). The third kappa shape index (κ3) is 4.20. The van der Waals surface area contributed by atoms with Gasteiger partial charge in [0, 0.05) is 19.1 Å². The van der Waals surface area contributed by atoms with Gasteiger partial charge in [0.15, 0.2) is 0 Å². The predicted molar refractivity (Wildman–Crippen MR) is 96.5 cm³/mol. The second-order valence-electron chi connectivity index (χ2n) is 6.95. The molecule has 2 fully saturated rings. The third-order valence-corrected chi connectivity index (χ3v) is 5.10. The lowest BCUT2D eigenvalue weighted by molar-refractivity contribution is -0.135. The van der Waals surface area contributed by atoms with Gasteiger partial charge in [-0.25, -0.2) is 9.18 Å². The fourth-order valence-electron chi connectivity index (χ4n) is 3.23. The molecule has 0 spiro atoms. The molecule has 1 heterocycles. The Hall–Kier alpha value is -2.64. The average Bonchev–Trinajstić information content (AvgIpc) is 3.46. The number of anilines is 1. The molecular formula is C19H24FN3O4. The van der Waals surface area contributed by atoms with E-state index in [0.717, 1.165) is 0 Å². The number of amides is 3. The second kappa shape index (κ2) is 7.94. The van der Waals surface area contributed by atoms with E-state index in [1.807, 2.05) is 0 Å². The summed E-state index contributed by atoms with van der Waals surface area (Å²) < 4.78 is 18.7. The molecule has 3 rings (SSSR count). The van der Waals surface area contributed by atoms with Gasteiger partial charge in [-0.05, 0) is 44.7 Å². The molecule has 1 aliphatic heterocycles. The summed E-state index contributed by atoms with van der Waals surface area (Å²) >= 11 is 0. The smallest absolute Gasteiger partial charge is 0.409 e. The van der Waals surface area contributed by atoms with E-state index < -0.39 is 17.1 Å². The van der Waals surface area contributed by atoms with Crippen LogP contribution in [0.1, 0.15) is 32.6 Å². The van der Waals surface area contributed by atoms with Gasteiger partial charge in [0.05, 0.1) is 12.3 Å². The summed E-state index contributed by atoms with van der Waals surface area (Å²) in [5, 5.41) is 5.45. The molecule has 1 saturated heterocycles. The number of carbonyl (C=O) groups excluding carboxylic acids is 3. The van der Waals surface area contributed by atoms with Crippen molar-refractivity contribution < 1.29 is 23.5 Å². The number of ether oxygens (including phenoxy) is 1. The van der Waals surface area contributed by atoms with E-state index in [2.05, 4.69) is 10.6 Å². The van der Waals surface area contributed by atoms with Crippen LogP contribution in [0.15, 0.2) is 24.3 Å². The molecule has 0 radical (unpaired) electrons. The summed E-state index contributed by atoms with van der Waals surface area (Å²) in [6, 6.07) is 5.78. The Morgan fingerprint density at radius 1 is 1.19 bits per heavy atom. The first-order valence-electron chi connectivity index (χ1n) is 9.25. The molecule has 0 atom stereocenters. The van der Waals surface area contributed by atoms with Crippen molar-refractivity contribution in [1.82, 2.24) is 10.2 Å². The van der Waals surface area contributed by atoms with Crippen LogP contribution in [-0.2, 0) is 14.3 Å². The minimum atomic E-state index is -1.12. The van der Waals surface area contributed by atoms with Gasteiger partial charge >= 0.3 is 6.09 Å². The lowest BCUT2D eigenvalue weighted by Gasteiger charge is -2.32. The van der Waals surface area contributed by atoms with Crippen LogP contribution in [0, 0.1) is 11.2 Å². The minimum Gasteiger partial charge on any atom is -0.450 e. The van der Waals surface area contributed by atoms with Crippen molar-refractivity contribution >= 4 is 23.6 Å². The van der Waals surface area contributed by atoms with Crippen LogP contribution in [0.2, 0.25) is 0 Å². The number of halogens is 1. The molecular weight excluding hydrogens is 353 g/mol. The van der Waals surface area contributed by atoms with Crippen molar-refractivity contribution in [2.24, 2.45) is 5.41 Å². The van der Waals surface area contributed by atoms with Gasteiger partial charge < -0.3 is 20.3 Å². The Bertz CT molecular complexity index is 727. The van der Waals surface area contributed by atoms with Crippen LogP contribution in [0.25, 0.3) is 0 Å². The van der Waals surface area contributed by atoms with Crippen molar-refractivity contribution in [1.29, 1.82) is 0 Å². The van der Waals surface area contributed by atoms with E-state index in [0.29, 0.717) is 45.4 Å². The fourth-order valence-corrected chi connectivity index (χ4v) is 3.23. The monoisotopic (exact) mass is 377 g/mol. The largest absolute Gasteiger partial charge is 0.450 e. The van der Waals surface area contributed by atoms with Crippen molar-refractivity contribution in [3.05, 3.63) is 30.1 Å². The number of nitrogens with zero attached hydrogens (tertiary/aromatic N) is 1. The van der Waals surface area contributed by atoms with Crippen molar-refractivity contribution in [2.75, 3.05) is 25.0 Å². The quantitative estimate of drug-likeness (QED) is 0.771. The molecule has 0 bridgehead atoms. The zero-order valence-corrected chi connectivity index (χ0v) is 15.3. The van der Waals surface area contributed by atoms with Crippen LogP contribution >= 0.6 is 0 Å². The summed E-state index contributed by atoms with van der Waals surface area (Å²) in [6.45, 7) is 3.08. The van der Waals surface area contributed by atoms with Gasteiger partial charge in [-0.1, -0.05) is 12.1 Å². The fraction of sp³-hybridized carbons (Fsp3) is 0.526. The van der Waals surface area contributed by atoms with Gasteiger partial charge in [-0.15, -0.1) is 0 Å². The first-order chi connectivity index (χ1) is 13.0. The molecule has 2 N–H and O–H groups in total. The van der Waals surface area contributed by atoms with Gasteiger partial charge in [0.2, 0.25) is 11.8 Å². The van der Waals surface area contributed by atoms with E-state index in [1.54, 1.807) is 17.9 Å². The molecule has 7 nitrogen and oxygen atoms in total. The average molecular weight is 377 g/mol. The van der Waals surface area contributed by atoms with Crippen LogP contribution in [0.3, 0.4) is 0 Å². The maximum absolute atomic E-state index is 13.7. The molecule has 3 amide bonds. The highest BCUT2D eigenvalue weighted by Crippen LogP contribution is 2.47. The van der Waals surface area contributed by atoms with Gasteiger partial charge in [0.25, 0.3) is 0 Å². The van der Waals surface area contributed by atoms with Crippen LogP contribution in [0.5, 0.6) is 0 Å². The number of hydrogen-bond acceptors (Lipinski definition) is 4. The highest BCUT2D eigenvalue weighted by Gasteiger charge is 2.57. The summed E-state index contributed by atoms with van der Waals surface area (Å²) in [5.41, 5.74) is -1.05. The molecule has 1 aromatic rings. The van der Waals surface area contributed by atoms with Crippen molar-refractivity contribution in [3.63, 3.8) is 0 Å². The van der Waals surface area contributed by atoms with E-state index >= 15 is 0 Å². The highest BCUT2D eigenvalue weighted by molar-refractivity contribution is 6.13. The number of piperidine rings is 1. The number of benzene rings is 1. The van der Waals surface area contributed by atoms with Crippen LogP contribution in [-0.4, -0.2) is 48.5 Å². The Morgan fingerprint density at radius 2 is 1.85 bits per heavy atom. The van der Waals surface area contributed by atoms with Gasteiger partial charge in [0.1, 0.15) is 11.2 Å². The second-order valence-corrected chi connectivity index (χ2v) is 6.95. The lowest BCUT2D eigenvalue weighted by atomic mass is 10.0. The van der Waals surface area contributed by atoms with E-state index in [9.17, 15) is 18.8 Å². The number of para-hydroxylation sites is 1. The number of hydrogen-bond donors (Lipinski definition) is 2. The molecule has 1 saturated carbocycles. The van der Waals surface area contributed by atoms with Crippen molar-refractivity contribution in [3.8, 4) is 0 Å². The van der Waals surface area contributed by atoms with Crippen LogP contribution < -0.4 is 10.6 Å². The molecule has 1 aromatic carbocycles. The first-order valence-corrected chi connectivity index (χ1v) is 9.25. The lowest BCUT2D eigenvalue weighted by Crippen LogP contribution is -2.50. The van der Waals surface area contributed by atoms with Gasteiger partial charge in [-0.3, -0.25) is 9.59 Å². The number of nitrogens with one attached hydrogen (secondary N) is 2. The van der Waals surface area contributed by atoms with E-state index in [-0.39, 0.29) is 23.7 Å². The van der Waals surface area contributed by atoms with E-state index in [1.165, 1.54) is 18.2 Å². The summed E-state index contributed by atoms with van der Waals surface area (Å²) in [5.74, 6) is -1.34. The Labute approximate surface area is 157 Å². The number of rotatable bonds is 5. The Balaban J connectivity index is 1.53. The molecule has 146 valence electrons. The molecule has 2 aliphatic rings. The van der Waals surface area contributed by atoms with Gasteiger partial charge in [-0.2, -0.15) is 0 Å². The maximum Gasteiger partial charge on any atom is 0.409 e. The third-order valence-electron chi connectivity index (χ3n) is 5.10. The molecule has 1 aliphatic carbocycles. The summed E-state index contributed by atoms with van der Waals surface area (Å²) in [4.78, 5) is 38.5. The summed E-state index contributed by atoms with van der Waals surface area (Å²) in [6.07, 6.45) is 1.76. The SMILES string of the molecule is CCOC(=O)N1CCC(NC(=O)C2(C(=O)Nc3ccccc3F)CC2)CC1. The normalized spacial score (nSPS) is 18.5. The molecule has 8 heteroatoms. The van der Waals surface area contributed by atoms with Crippen molar-refractivity contribution in [2.45, 2.75) is 38.6 Å². The number of likely N-dealkylation sites (tertiary alicyclic amines) is 1. The highest BCUT2D eigenvalue weighted by atomic mass is 19.1. The minimum absolute atomic E-state index is 0.0734.